The lowest BCUT2D eigenvalue weighted by Gasteiger charge is -2.08. The Hall–Kier alpha value is -2.41. The van der Waals surface area contributed by atoms with Crippen LogP contribution in [-0.4, -0.2) is 44.3 Å². The number of esters is 2. The Morgan fingerprint density at radius 1 is 1.00 bits per heavy atom. The van der Waals surface area contributed by atoms with Gasteiger partial charge in [0, 0.05) is 12.3 Å². The van der Waals surface area contributed by atoms with E-state index in [2.05, 4.69) is 5.32 Å². The van der Waals surface area contributed by atoms with Gasteiger partial charge < -0.3 is 19.5 Å². The summed E-state index contributed by atoms with van der Waals surface area (Å²) in [7, 11) is 0. The van der Waals surface area contributed by atoms with Gasteiger partial charge in [0.2, 0.25) is 0 Å². The fraction of sp³-hybridized carbons (Fsp3) is 0.471. The van der Waals surface area contributed by atoms with Crippen LogP contribution in [0.4, 0.5) is 5.69 Å². The molecule has 7 heteroatoms. The first-order chi connectivity index (χ1) is 11.6. The monoisotopic (exact) mass is 337 g/mol. The number of anilines is 1. The zero-order valence-corrected chi connectivity index (χ0v) is 14.0. The molecule has 0 aromatic heterocycles. The van der Waals surface area contributed by atoms with Gasteiger partial charge in [-0.15, -0.1) is 0 Å². The molecule has 0 aliphatic rings. The molecule has 0 saturated heterocycles. The van der Waals surface area contributed by atoms with Gasteiger partial charge in [0.25, 0.3) is 5.91 Å². The van der Waals surface area contributed by atoms with Gasteiger partial charge in [-0.05, 0) is 37.6 Å². The Morgan fingerprint density at radius 2 is 1.71 bits per heavy atom. The Morgan fingerprint density at radius 3 is 2.33 bits per heavy atom. The van der Waals surface area contributed by atoms with E-state index in [1.165, 1.54) is 0 Å². The van der Waals surface area contributed by atoms with Crippen molar-refractivity contribution >= 4 is 23.5 Å². The molecule has 24 heavy (non-hydrogen) atoms. The highest BCUT2D eigenvalue weighted by atomic mass is 16.6. The molecule has 7 nitrogen and oxygen atoms in total. The van der Waals surface area contributed by atoms with Crippen molar-refractivity contribution in [2.24, 2.45) is 0 Å². The lowest BCUT2D eigenvalue weighted by Crippen LogP contribution is -2.22. The van der Waals surface area contributed by atoms with Crippen LogP contribution in [0.25, 0.3) is 0 Å². The number of ether oxygens (including phenoxy) is 3. The van der Waals surface area contributed by atoms with Crippen molar-refractivity contribution in [1.82, 2.24) is 0 Å². The fourth-order valence-corrected chi connectivity index (χ4v) is 1.65. The van der Waals surface area contributed by atoms with Gasteiger partial charge >= 0.3 is 11.9 Å². The van der Waals surface area contributed by atoms with Crippen molar-refractivity contribution in [3.8, 4) is 0 Å². The molecule has 1 N–H and O–H groups in total. The molecule has 1 rings (SSSR count). The van der Waals surface area contributed by atoms with Crippen LogP contribution >= 0.6 is 0 Å². The van der Waals surface area contributed by atoms with Gasteiger partial charge in [-0.1, -0.05) is 13.3 Å². The average molecular weight is 337 g/mol. The van der Waals surface area contributed by atoms with E-state index in [0.717, 1.165) is 12.8 Å². The maximum Gasteiger partial charge on any atom is 0.338 e. The first-order valence-corrected chi connectivity index (χ1v) is 7.87. The fourth-order valence-electron chi connectivity index (χ4n) is 1.65. The van der Waals surface area contributed by atoms with Crippen molar-refractivity contribution in [3.05, 3.63) is 29.8 Å². The summed E-state index contributed by atoms with van der Waals surface area (Å²) in [5.41, 5.74) is 0.901. The average Bonchev–Trinajstić information content (AvgIpc) is 2.59. The van der Waals surface area contributed by atoms with Crippen molar-refractivity contribution in [2.75, 3.05) is 31.7 Å². The SMILES string of the molecule is CCCCOC(=O)c1ccc(NC(=O)COC(=O)COCC)cc1. The predicted octanol–water partition coefficient (Wildman–Crippen LogP) is 2.16. The van der Waals surface area contributed by atoms with Gasteiger partial charge in [0.1, 0.15) is 6.61 Å². The molecular weight excluding hydrogens is 314 g/mol. The third kappa shape index (κ3) is 7.73. The molecule has 0 radical (unpaired) electrons. The molecule has 0 aliphatic carbocycles. The molecule has 1 aromatic carbocycles. The number of benzene rings is 1. The molecule has 0 heterocycles. The molecule has 0 spiro atoms. The van der Waals surface area contributed by atoms with Gasteiger partial charge in [0.15, 0.2) is 6.61 Å². The number of hydrogen-bond acceptors (Lipinski definition) is 6. The van der Waals surface area contributed by atoms with Gasteiger partial charge in [-0.2, -0.15) is 0 Å². The van der Waals surface area contributed by atoms with E-state index >= 15 is 0 Å². The number of carbonyl (C=O) groups is 3. The molecule has 0 saturated carbocycles. The van der Waals surface area contributed by atoms with E-state index < -0.39 is 24.5 Å². The standard InChI is InChI=1S/C17H23NO6/c1-3-5-10-23-17(21)13-6-8-14(9-7-13)18-15(19)11-24-16(20)12-22-4-2/h6-9H,3-5,10-12H2,1-2H3,(H,18,19). The zero-order valence-electron chi connectivity index (χ0n) is 14.0. The Kier molecular flexibility index (Phi) is 9.14. The summed E-state index contributed by atoms with van der Waals surface area (Å²) in [5, 5.41) is 2.56. The number of nitrogens with one attached hydrogen (secondary N) is 1. The smallest absolute Gasteiger partial charge is 0.338 e. The van der Waals surface area contributed by atoms with E-state index in [4.69, 9.17) is 14.2 Å². The minimum atomic E-state index is -0.600. The second-order valence-corrected chi connectivity index (χ2v) is 4.91. The number of carbonyl (C=O) groups excluding carboxylic acids is 3. The van der Waals surface area contributed by atoms with E-state index in [-0.39, 0.29) is 6.61 Å². The molecule has 0 fully saturated rings. The first kappa shape index (κ1) is 19.6. The third-order valence-electron chi connectivity index (χ3n) is 2.92. The Balaban J connectivity index is 2.39. The third-order valence-corrected chi connectivity index (χ3v) is 2.92. The molecule has 1 aromatic rings. The lowest BCUT2D eigenvalue weighted by molar-refractivity contribution is -0.151. The van der Waals surface area contributed by atoms with Crippen LogP contribution in [0.15, 0.2) is 24.3 Å². The van der Waals surface area contributed by atoms with E-state index in [9.17, 15) is 14.4 Å². The molecule has 0 bridgehead atoms. The second-order valence-electron chi connectivity index (χ2n) is 4.91. The normalized spacial score (nSPS) is 10.1. The van der Waals surface area contributed by atoms with Crippen LogP contribution in [0.5, 0.6) is 0 Å². The summed E-state index contributed by atoms with van der Waals surface area (Å²) < 4.78 is 14.7. The van der Waals surface area contributed by atoms with Crippen molar-refractivity contribution < 1.29 is 28.6 Å². The molecular formula is C17H23NO6. The zero-order chi connectivity index (χ0) is 17.8. The van der Waals surface area contributed by atoms with Crippen molar-refractivity contribution in [3.63, 3.8) is 0 Å². The molecule has 0 unspecified atom stereocenters. The summed E-state index contributed by atoms with van der Waals surface area (Å²) in [5.74, 6) is -1.47. The minimum Gasteiger partial charge on any atom is -0.462 e. The largest absolute Gasteiger partial charge is 0.462 e. The minimum absolute atomic E-state index is 0.182. The number of unbranched alkanes of at least 4 members (excludes halogenated alkanes) is 1. The highest BCUT2D eigenvalue weighted by Crippen LogP contribution is 2.11. The Labute approximate surface area is 141 Å². The maximum absolute atomic E-state index is 11.7. The molecule has 132 valence electrons. The van der Waals surface area contributed by atoms with Gasteiger partial charge in [-0.3, -0.25) is 4.79 Å². The second kappa shape index (κ2) is 11.2. The quantitative estimate of drug-likeness (QED) is 0.520. The predicted molar refractivity (Wildman–Crippen MR) is 87.7 cm³/mol. The van der Waals surface area contributed by atoms with Crippen LogP contribution in [0.3, 0.4) is 0 Å². The van der Waals surface area contributed by atoms with Crippen LogP contribution in [0.1, 0.15) is 37.0 Å². The lowest BCUT2D eigenvalue weighted by atomic mass is 10.2. The summed E-state index contributed by atoms with van der Waals surface area (Å²) in [6, 6.07) is 6.28. The Bertz CT molecular complexity index is 541. The number of hydrogen-bond donors (Lipinski definition) is 1. The molecule has 1 amide bonds. The molecule has 0 aliphatic heterocycles. The van der Waals surface area contributed by atoms with Gasteiger partial charge in [-0.25, -0.2) is 9.59 Å². The first-order valence-electron chi connectivity index (χ1n) is 7.87. The van der Waals surface area contributed by atoms with Crippen LogP contribution in [-0.2, 0) is 23.8 Å². The van der Waals surface area contributed by atoms with E-state index in [1.807, 2.05) is 6.92 Å². The summed E-state index contributed by atoms with van der Waals surface area (Å²) >= 11 is 0. The topological polar surface area (TPSA) is 90.9 Å². The van der Waals surface area contributed by atoms with Crippen LogP contribution < -0.4 is 5.32 Å². The molecule has 0 atom stereocenters. The number of amides is 1. The van der Waals surface area contributed by atoms with Crippen molar-refractivity contribution in [2.45, 2.75) is 26.7 Å². The summed E-state index contributed by atoms with van der Waals surface area (Å²) in [4.78, 5) is 34.6. The number of rotatable bonds is 10. The van der Waals surface area contributed by atoms with E-state index in [0.29, 0.717) is 24.5 Å². The van der Waals surface area contributed by atoms with Gasteiger partial charge in [0.05, 0.1) is 12.2 Å². The highest BCUT2D eigenvalue weighted by Gasteiger charge is 2.10. The van der Waals surface area contributed by atoms with Crippen LogP contribution in [0.2, 0.25) is 0 Å². The summed E-state index contributed by atoms with van der Waals surface area (Å²) in [6.45, 7) is 3.98. The van der Waals surface area contributed by atoms with Crippen LogP contribution in [0, 0.1) is 0 Å². The van der Waals surface area contributed by atoms with Crippen molar-refractivity contribution in [1.29, 1.82) is 0 Å². The highest BCUT2D eigenvalue weighted by molar-refractivity contribution is 5.94. The van der Waals surface area contributed by atoms with E-state index in [1.54, 1.807) is 31.2 Å². The maximum atomic E-state index is 11.7. The summed E-state index contributed by atoms with van der Waals surface area (Å²) in [6.07, 6.45) is 1.77.